The Kier molecular flexibility index (Phi) is 7.12. The Balaban J connectivity index is 2.61. The van der Waals surface area contributed by atoms with Gasteiger partial charge < -0.3 is 10.6 Å². The van der Waals surface area contributed by atoms with Gasteiger partial charge in [0.2, 0.25) is 0 Å². The Morgan fingerprint density at radius 3 is 2.52 bits per heavy atom. The highest BCUT2D eigenvalue weighted by atomic mass is 19.1. The second kappa shape index (κ2) is 8.60. The molecule has 0 heterocycles. The van der Waals surface area contributed by atoms with Crippen LogP contribution in [-0.4, -0.2) is 25.1 Å². The van der Waals surface area contributed by atoms with Gasteiger partial charge in [0.1, 0.15) is 11.6 Å². The third kappa shape index (κ3) is 6.10. The molecular weight excluding hydrogens is 272 g/mol. The molecule has 1 atom stereocenters. The molecule has 0 bridgehead atoms. The molecule has 21 heavy (non-hydrogen) atoms. The van der Waals surface area contributed by atoms with E-state index >= 15 is 0 Å². The van der Waals surface area contributed by atoms with Crippen molar-refractivity contribution in [3.63, 3.8) is 0 Å². The predicted molar refractivity (Wildman–Crippen MR) is 83.5 cm³/mol. The van der Waals surface area contributed by atoms with E-state index < -0.39 is 11.6 Å². The van der Waals surface area contributed by atoms with Gasteiger partial charge in [-0.05, 0) is 37.8 Å². The van der Waals surface area contributed by atoms with Crippen LogP contribution in [0.3, 0.4) is 0 Å². The van der Waals surface area contributed by atoms with E-state index in [1.807, 2.05) is 6.92 Å². The van der Waals surface area contributed by atoms with Crippen molar-refractivity contribution in [2.75, 3.05) is 13.1 Å². The summed E-state index contributed by atoms with van der Waals surface area (Å²) in [7, 11) is 0. The van der Waals surface area contributed by atoms with Crippen LogP contribution in [0.2, 0.25) is 0 Å². The Bertz CT molecular complexity index is 473. The number of aliphatic imine (C=N–C) groups is 1. The van der Waals surface area contributed by atoms with Crippen molar-refractivity contribution in [2.24, 2.45) is 10.9 Å². The van der Waals surface area contributed by atoms with Crippen molar-refractivity contribution in [1.29, 1.82) is 0 Å². The summed E-state index contributed by atoms with van der Waals surface area (Å²) >= 11 is 0. The van der Waals surface area contributed by atoms with Gasteiger partial charge >= 0.3 is 0 Å². The minimum atomic E-state index is -0.555. The monoisotopic (exact) mass is 297 g/mol. The fraction of sp³-hybridized carbons (Fsp3) is 0.562. The summed E-state index contributed by atoms with van der Waals surface area (Å²) in [5.74, 6) is 0.142. The molecule has 1 rings (SSSR count). The first kappa shape index (κ1) is 17.4. The van der Waals surface area contributed by atoms with Crippen LogP contribution in [0.25, 0.3) is 0 Å². The molecule has 0 spiro atoms. The van der Waals surface area contributed by atoms with E-state index in [9.17, 15) is 8.78 Å². The summed E-state index contributed by atoms with van der Waals surface area (Å²) in [5.41, 5.74) is 0.480. The summed E-state index contributed by atoms with van der Waals surface area (Å²) in [6.45, 7) is 9.57. The lowest BCUT2D eigenvalue weighted by Crippen LogP contribution is -2.44. The number of nitrogens with zero attached hydrogens (tertiary/aromatic N) is 1. The minimum absolute atomic E-state index is 0.297. The van der Waals surface area contributed by atoms with Crippen molar-refractivity contribution in [1.82, 2.24) is 10.6 Å². The van der Waals surface area contributed by atoms with Crippen LogP contribution in [0, 0.1) is 17.6 Å². The van der Waals surface area contributed by atoms with Gasteiger partial charge in [-0.25, -0.2) is 8.78 Å². The maximum atomic E-state index is 13.5. The van der Waals surface area contributed by atoms with Gasteiger partial charge in [-0.2, -0.15) is 0 Å². The number of benzene rings is 1. The number of guanidine groups is 1. The van der Waals surface area contributed by atoms with Crippen molar-refractivity contribution in [3.05, 3.63) is 35.4 Å². The van der Waals surface area contributed by atoms with Crippen LogP contribution in [0.5, 0.6) is 0 Å². The predicted octanol–water partition coefficient (Wildman–Crippen LogP) is 3.11. The number of hydrogen-bond donors (Lipinski definition) is 2. The van der Waals surface area contributed by atoms with Crippen molar-refractivity contribution >= 4 is 5.96 Å². The molecule has 0 aliphatic carbocycles. The van der Waals surface area contributed by atoms with Gasteiger partial charge in [0.15, 0.2) is 5.96 Å². The van der Waals surface area contributed by atoms with Gasteiger partial charge in [0, 0.05) is 25.2 Å². The fourth-order valence-electron chi connectivity index (χ4n) is 1.71. The van der Waals surface area contributed by atoms with E-state index in [2.05, 4.69) is 36.4 Å². The lowest BCUT2D eigenvalue weighted by molar-refractivity contribution is 0.481. The third-order valence-electron chi connectivity index (χ3n) is 3.37. The first-order valence-corrected chi connectivity index (χ1v) is 7.42. The molecule has 0 radical (unpaired) electrons. The van der Waals surface area contributed by atoms with Crippen molar-refractivity contribution in [2.45, 2.75) is 40.2 Å². The van der Waals surface area contributed by atoms with Crippen LogP contribution >= 0.6 is 0 Å². The molecule has 0 aromatic heterocycles. The minimum Gasteiger partial charge on any atom is -0.357 e. The van der Waals surface area contributed by atoms with Gasteiger partial charge in [-0.3, -0.25) is 4.99 Å². The van der Waals surface area contributed by atoms with Gasteiger partial charge in [0.25, 0.3) is 0 Å². The molecule has 1 aromatic carbocycles. The fourth-order valence-corrected chi connectivity index (χ4v) is 1.71. The van der Waals surface area contributed by atoms with E-state index in [1.165, 1.54) is 12.1 Å². The highest BCUT2D eigenvalue weighted by molar-refractivity contribution is 5.80. The Morgan fingerprint density at radius 2 is 1.95 bits per heavy atom. The quantitative estimate of drug-likeness (QED) is 0.625. The zero-order chi connectivity index (χ0) is 15.8. The zero-order valence-corrected chi connectivity index (χ0v) is 13.2. The summed E-state index contributed by atoms with van der Waals surface area (Å²) in [6, 6.07) is 3.94. The van der Waals surface area contributed by atoms with Gasteiger partial charge in [-0.1, -0.05) is 19.9 Å². The van der Waals surface area contributed by atoms with E-state index in [4.69, 9.17) is 0 Å². The molecule has 0 aliphatic heterocycles. The smallest absolute Gasteiger partial charge is 0.191 e. The number of rotatable bonds is 6. The van der Waals surface area contributed by atoms with Crippen molar-refractivity contribution in [3.8, 4) is 0 Å². The standard InChI is InChI=1S/C16H25F2N3/c1-5-19-16(21-12(4)11(2)3)20-9-8-13-6-7-14(17)10-15(13)18/h6-7,10-12H,5,8-9H2,1-4H3,(H2,19,20,21). The molecule has 1 unspecified atom stereocenters. The summed E-state index contributed by atoms with van der Waals surface area (Å²) in [5, 5.41) is 6.48. The van der Waals surface area contributed by atoms with Gasteiger partial charge in [0.05, 0.1) is 0 Å². The van der Waals surface area contributed by atoms with Crippen LogP contribution in [0.15, 0.2) is 23.2 Å². The average Bonchev–Trinajstić information content (AvgIpc) is 2.41. The van der Waals surface area contributed by atoms with E-state index in [0.29, 0.717) is 30.5 Å². The molecular formula is C16H25F2N3. The SMILES string of the molecule is CCNC(=NCCc1ccc(F)cc1F)NC(C)C(C)C. The van der Waals surface area contributed by atoms with E-state index in [0.717, 1.165) is 18.6 Å². The van der Waals surface area contributed by atoms with Crippen LogP contribution in [-0.2, 0) is 6.42 Å². The molecule has 0 saturated carbocycles. The van der Waals surface area contributed by atoms with Gasteiger partial charge in [-0.15, -0.1) is 0 Å². The highest BCUT2D eigenvalue weighted by Crippen LogP contribution is 2.10. The molecule has 5 heteroatoms. The van der Waals surface area contributed by atoms with E-state index in [-0.39, 0.29) is 0 Å². The number of hydrogen-bond acceptors (Lipinski definition) is 1. The lowest BCUT2D eigenvalue weighted by Gasteiger charge is -2.20. The molecule has 2 N–H and O–H groups in total. The molecule has 118 valence electrons. The maximum absolute atomic E-state index is 13.5. The molecule has 0 aliphatic rings. The molecule has 1 aromatic rings. The Labute approximate surface area is 125 Å². The zero-order valence-electron chi connectivity index (χ0n) is 13.2. The largest absolute Gasteiger partial charge is 0.357 e. The van der Waals surface area contributed by atoms with E-state index in [1.54, 1.807) is 0 Å². The molecule has 0 saturated heterocycles. The average molecular weight is 297 g/mol. The highest BCUT2D eigenvalue weighted by Gasteiger charge is 2.09. The third-order valence-corrected chi connectivity index (χ3v) is 3.37. The summed E-state index contributed by atoms with van der Waals surface area (Å²) in [6.07, 6.45) is 0.443. The maximum Gasteiger partial charge on any atom is 0.191 e. The topological polar surface area (TPSA) is 36.4 Å². The molecule has 0 amide bonds. The summed E-state index contributed by atoms with van der Waals surface area (Å²) in [4.78, 5) is 4.43. The normalized spacial score (nSPS) is 13.4. The second-order valence-electron chi connectivity index (χ2n) is 5.42. The number of halogens is 2. The number of nitrogens with one attached hydrogen (secondary N) is 2. The Hall–Kier alpha value is -1.65. The first-order valence-electron chi connectivity index (χ1n) is 7.42. The first-order chi connectivity index (χ1) is 9.93. The second-order valence-corrected chi connectivity index (χ2v) is 5.42. The van der Waals surface area contributed by atoms with Crippen LogP contribution in [0.4, 0.5) is 8.78 Å². The Morgan fingerprint density at radius 1 is 1.24 bits per heavy atom. The summed E-state index contributed by atoms with van der Waals surface area (Å²) < 4.78 is 26.3. The molecule has 3 nitrogen and oxygen atoms in total. The lowest BCUT2D eigenvalue weighted by atomic mass is 10.1. The molecule has 0 fully saturated rings. The van der Waals surface area contributed by atoms with Crippen LogP contribution in [0.1, 0.15) is 33.3 Å². The van der Waals surface area contributed by atoms with Crippen molar-refractivity contribution < 1.29 is 8.78 Å². The van der Waals surface area contributed by atoms with Crippen LogP contribution < -0.4 is 10.6 Å².